The van der Waals surface area contributed by atoms with Gasteiger partial charge in [0, 0.05) is 54.6 Å². The molecule has 4 heterocycles. The third kappa shape index (κ3) is 2.55. The number of H-pyrrole nitrogens is 1. The topological polar surface area (TPSA) is 97.4 Å². The number of rotatable bonds is 4. The van der Waals surface area contributed by atoms with E-state index in [0.29, 0.717) is 30.2 Å². The summed E-state index contributed by atoms with van der Waals surface area (Å²) < 4.78 is 5.35. The van der Waals surface area contributed by atoms with Gasteiger partial charge in [0.05, 0.1) is 0 Å². The first kappa shape index (κ1) is 18.2. The molecule has 6 nitrogen and oxygen atoms in total. The Morgan fingerprint density at radius 3 is 3.00 bits per heavy atom. The van der Waals surface area contributed by atoms with E-state index in [0.717, 1.165) is 37.9 Å². The highest BCUT2D eigenvalue weighted by Gasteiger charge is 2.57. The molecule has 3 aliphatic heterocycles. The molecule has 2 saturated heterocycles. The molecule has 28 heavy (non-hydrogen) atoms. The number of esters is 1. The SMILES string of the molecule is CC(=O)Oc1ccc2[nH]c3c(c2c1)CCN1CC2CC(CCN)C1C3(CN)C2. The molecule has 1 aromatic carbocycles. The molecular formula is C22H30N4O2. The molecule has 2 aromatic rings. The number of hydrogen-bond acceptors (Lipinski definition) is 5. The fourth-order valence-corrected chi connectivity index (χ4v) is 6.63. The normalized spacial score (nSPS) is 33.5. The van der Waals surface area contributed by atoms with Crippen LogP contribution in [0.25, 0.3) is 10.9 Å². The van der Waals surface area contributed by atoms with Gasteiger partial charge < -0.3 is 21.2 Å². The number of fused-ring (bicyclic) bond motifs is 4. The van der Waals surface area contributed by atoms with Gasteiger partial charge in [0.15, 0.2) is 0 Å². The number of hydrogen-bond donors (Lipinski definition) is 3. The molecule has 3 fully saturated rings. The maximum absolute atomic E-state index is 11.4. The van der Waals surface area contributed by atoms with Crippen molar-refractivity contribution < 1.29 is 9.53 Å². The molecule has 0 spiro atoms. The Morgan fingerprint density at radius 2 is 2.25 bits per heavy atom. The van der Waals surface area contributed by atoms with E-state index in [-0.39, 0.29) is 11.4 Å². The van der Waals surface area contributed by atoms with Crippen LogP contribution in [0.4, 0.5) is 0 Å². The number of benzene rings is 1. The van der Waals surface area contributed by atoms with Crippen molar-refractivity contribution in [3.8, 4) is 5.75 Å². The summed E-state index contributed by atoms with van der Waals surface area (Å²) in [5.41, 5.74) is 16.3. The van der Waals surface area contributed by atoms with Crippen molar-refractivity contribution in [1.82, 2.24) is 9.88 Å². The smallest absolute Gasteiger partial charge is 0.308 e. The summed E-state index contributed by atoms with van der Waals surface area (Å²) in [5.74, 6) is 1.64. The summed E-state index contributed by atoms with van der Waals surface area (Å²) >= 11 is 0. The summed E-state index contributed by atoms with van der Waals surface area (Å²) in [4.78, 5) is 17.8. The van der Waals surface area contributed by atoms with Crippen LogP contribution in [0, 0.1) is 11.8 Å². The zero-order valence-electron chi connectivity index (χ0n) is 16.5. The van der Waals surface area contributed by atoms with Crippen molar-refractivity contribution in [2.75, 3.05) is 26.2 Å². The van der Waals surface area contributed by atoms with Crippen LogP contribution in [-0.4, -0.2) is 48.1 Å². The average Bonchev–Trinajstić information content (AvgIpc) is 3.00. The van der Waals surface area contributed by atoms with Gasteiger partial charge in [0.1, 0.15) is 5.75 Å². The van der Waals surface area contributed by atoms with Gasteiger partial charge in [0.2, 0.25) is 0 Å². The van der Waals surface area contributed by atoms with Crippen molar-refractivity contribution in [2.24, 2.45) is 23.3 Å². The lowest BCUT2D eigenvalue weighted by Gasteiger charge is -2.59. The maximum Gasteiger partial charge on any atom is 0.308 e. The minimum Gasteiger partial charge on any atom is -0.427 e. The summed E-state index contributed by atoms with van der Waals surface area (Å²) in [7, 11) is 0. The molecule has 150 valence electrons. The van der Waals surface area contributed by atoms with Crippen molar-refractivity contribution in [3.05, 3.63) is 29.5 Å². The fraction of sp³-hybridized carbons (Fsp3) is 0.591. The Hall–Kier alpha value is -1.89. The molecule has 4 bridgehead atoms. The minimum absolute atomic E-state index is 0.0343. The molecule has 5 N–H and O–H groups in total. The summed E-state index contributed by atoms with van der Waals surface area (Å²) in [6, 6.07) is 6.37. The van der Waals surface area contributed by atoms with Gasteiger partial charge in [-0.15, -0.1) is 0 Å². The first-order chi connectivity index (χ1) is 13.6. The highest BCUT2D eigenvalue weighted by atomic mass is 16.5. The number of aromatic nitrogens is 1. The number of carbonyl (C=O) groups excluding carboxylic acids is 1. The third-order valence-corrected chi connectivity index (χ3v) is 7.38. The summed E-state index contributed by atoms with van der Waals surface area (Å²) in [6.45, 7) is 5.09. The van der Waals surface area contributed by atoms with E-state index in [9.17, 15) is 4.79 Å². The van der Waals surface area contributed by atoms with Crippen LogP contribution in [-0.2, 0) is 16.6 Å². The van der Waals surface area contributed by atoms with Crippen molar-refractivity contribution in [1.29, 1.82) is 0 Å². The van der Waals surface area contributed by atoms with Gasteiger partial charge in [-0.25, -0.2) is 0 Å². The van der Waals surface area contributed by atoms with E-state index in [1.807, 2.05) is 18.2 Å². The standard InChI is InChI=1S/C22H30N4O2/c1-13(27)28-16-2-3-19-18(9-16)17-5-7-26-11-14-8-15(4-6-23)21(26)22(10-14,12-24)20(17)25-19/h2-3,9,14-15,21,25H,4-8,10-12,23-24H2,1H3. The van der Waals surface area contributed by atoms with Gasteiger partial charge >= 0.3 is 5.97 Å². The van der Waals surface area contributed by atoms with E-state index in [2.05, 4.69) is 9.88 Å². The van der Waals surface area contributed by atoms with Crippen LogP contribution in [0.2, 0.25) is 0 Å². The largest absolute Gasteiger partial charge is 0.427 e. The number of aromatic amines is 1. The molecular weight excluding hydrogens is 352 g/mol. The predicted molar refractivity (Wildman–Crippen MR) is 109 cm³/mol. The molecule has 0 amide bonds. The van der Waals surface area contributed by atoms with Crippen molar-refractivity contribution in [3.63, 3.8) is 0 Å². The highest BCUT2D eigenvalue weighted by molar-refractivity contribution is 5.87. The Bertz CT molecular complexity index is 923. The summed E-state index contributed by atoms with van der Waals surface area (Å²) in [6.07, 6.45) is 4.51. The molecule has 1 saturated carbocycles. The zero-order valence-corrected chi connectivity index (χ0v) is 16.5. The first-order valence-electron chi connectivity index (χ1n) is 10.5. The molecule has 4 aliphatic rings. The summed E-state index contributed by atoms with van der Waals surface area (Å²) in [5, 5.41) is 1.17. The second-order valence-electron chi connectivity index (χ2n) is 8.97. The van der Waals surface area contributed by atoms with Crippen LogP contribution < -0.4 is 16.2 Å². The van der Waals surface area contributed by atoms with Crippen molar-refractivity contribution >= 4 is 16.9 Å². The second-order valence-corrected chi connectivity index (χ2v) is 8.97. The zero-order chi connectivity index (χ0) is 19.5. The van der Waals surface area contributed by atoms with Crippen molar-refractivity contribution in [2.45, 2.75) is 44.1 Å². The van der Waals surface area contributed by atoms with Crippen LogP contribution in [0.15, 0.2) is 18.2 Å². The fourth-order valence-electron chi connectivity index (χ4n) is 6.63. The van der Waals surface area contributed by atoms with Gasteiger partial charge in [-0.3, -0.25) is 9.69 Å². The highest BCUT2D eigenvalue weighted by Crippen LogP contribution is 2.54. The Morgan fingerprint density at radius 1 is 1.39 bits per heavy atom. The number of nitrogens with zero attached hydrogens (tertiary/aromatic N) is 1. The second kappa shape index (κ2) is 6.58. The van der Waals surface area contributed by atoms with E-state index >= 15 is 0 Å². The number of ether oxygens (including phenoxy) is 1. The quantitative estimate of drug-likeness (QED) is 0.554. The number of nitrogens with two attached hydrogens (primary N) is 2. The van der Waals surface area contributed by atoms with Crippen LogP contribution in [0.5, 0.6) is 5.75 Å². The molecule has 6 rings (SSSR count). The lowest BCUT2D eigenvalue weighted by Crippen LogP contribution is -2.66. The number of piperidine rings is 2. The third-order valence-electron chi connectivity index (χ3n) is 7.38. The first-order valence-corrected chi connectivity index (χ1v) is 10.5. The van der Waals surface area contributed by atoms with Gasteiger partial charge in [0.25, 0.3) is 0 Å². The maximum atomic E-state index is 11.4. The number of nitrogens with one attached hydrogen (secondary N) is 1. The Kier molecular flexibility index (Phi) is 4.27. The monoisotopic (exact) mass is 382 g/mol. The molecule has 1 aromatic heterocycles. The van der Waals surface area contributed by atoms with E-state index in [1.165, 1.54) is 36.5 Å². The van der Waals surface area contributed by atoms with Gasteiger partial charge in [-0.2, -0.15) is 0 Å². The van der Waals surface area contributed by atoms with Gasteiger partial charge in [-0.1, -0.05) is 0 Å². The molecule has 5 unspecified atom stereocenters. The predicted octanol–water partition coefficient (Wildman–Crippen LogP) is 1.91. The molecule has 5 atom stereocenters. The minimum atomic E-state index is -0.289. The average molecular weight is 383 g/mol. The van der Waals surface area contributed by atoms with E-state index in [1.54, 1.807) is 0 Å². The van der Waals surface area contributed by atoms with Crippen LogP contribution in [0.3, 0.4) is 0 Å². The lowest BCUT2D eigenvalue weighted by molar-refractivity contribution is -0.131. The number of carbonyl (C=O) groups is 1. The van der Waals surface area contributed by atoms with Crippen LogP contribution >= 0.6 is 0 Å². The molecule has 0 radical (unpaired) electrons. The van der Waals surface area contributed by atoms with E-state index in [4.69, 9.17) is 16.2 Å². The molecule has 6 heteroatoms. The lowest BCUT2D eigenvalue weighted by atomic mass is 9.56. The van der Waals surface area contributed by atoms with Crippen LogP contribution in [0.1, 0.15) is 37.4 Å². The van der Waals surface area contributed by atoms with Gasteiger partial charge in [-0.05, 0) is 67.8 Å². The van der Waals surface area contributed by atoms with E-state index < -0.39 is 0 Å². The Labute approximate surface area is 165 Å². The Balaban J connectivity index is 1.67. The molecule has 1 aliphatic carbocycles.